The van der Waals surface area contributed by atoms with Gasteiger partial charge in [0, 0.05) is 0 Å². The molecular weight excluding hydrogens is 643 g/mol. The molecule has 1 unspecified atom stereocenters. The Labute approximate surface area is 293 Å². The second kappa shape index (κ2) is 16.7. The predicted molar refractivity (Wildman–Crippen MR) is 177 cm³/mol. The molecule has 0 heterocycles. The average Bonchev–Trinajstić information content (AvgIpc) is 3.49. The fourth-order valence-electron chi connectivity index (χ4n) is 5.87. The number of fused-ring (bicyclic) bond motifs is 3. The number of hydrogen-bond donors (Lipinski definition) is 0. The van der Waals surface area contributed by atoms with Crippen LogP contribution in [0.5, 0.6) is 0 Å². The zero-order chi connectivity index (χ0) is 30.6. The molecule has 5 rings (SSSR count). The van der Waals surface area contributed by atoms with E-state index < -0.39 is 0 Å². The molecule has 0 aromatic heterocycles. The van der Waals surface area contributed by atoms with E-state index in [-0.39, 0.29) is 35.6 Å². The Balaban J connectivity index is 0.000000360. The number of rotatable bonds is 2. The van der Waals surface area contributed by atoms with E-state index in [4.69, 9.17) is 0 Å². The van der Waals surface area contributed by atoms with Crippen molar-refractivity contribution in [3.63, 3.8) is 0 Å². The monoisotopic (exact) mass is 696 g/mol. The van der Waals surface area contributed by atoms with Crippen molar-refractivity contribution in [3.8, 4) is 11.1 Å². The molecule has 3 heteroatoms. The molecule has 1 saturated carbocycles. The molecule has 0 aliphatic heterocycles. The van der Waals surface area contributed by atoms with E-state index in [1.165, 1.54) is 83.1 Å². The molecule has 2 aromatic rings. The molecule has 3 aliphatic carbocycles. The minimum atomic E-state index is 0. The summed E-state index contributed by atoms with van der Waals surface area (Å²) < 4.78 is 1.80. The van der Waals surface area contributed by atoms with Gasteiger partial charge >= 0.3 is 59.5 Å². The molecule has 1 atom stereocenters. The molecule has 2 aromatic carbocycles. The van der Waals surface area contributed by atoms with Gasteiger partial charge in [0.15, 0.2) is 0 Å². The summed E-state index contributed by atoms with van der Waals surface area (Å²) in [6.07, 6.45) is 16.6. The van der Waals surface area contributed by atoms with Gasteiger partial charge in [-0.15, -0.1) is 11.1 Å². The number of benzene rings is 2. The first-order chi connectivity index (χ1) is 19.0. The van der Waals surface area contributed by atoms with Crippen molar-refractivity contribution >= 4 is 3.21 Å². The Morgan fingerprint density at radius 3 is 1.81 bits per heavy atom. The topological polar surface area (TPSA) is 0 Å². The van der Waals surface area contributed by atoms with Gasteiger partial charge in [-0.1, -0.05) is 124 Å². The van der Waals surface area contributed by atoms with E-state index in [0.29, 0.717) is 11.3 Å². The maximum absolute atomic E-state index is 3.67. The predicted octanol–water partition coefficient (Wildman–Crippen LogP) is 5.47. The molecule has 0 bridgehead atoms. The Bertz CT molecular complexity index is 1210. The summed E-state index contributed by atoms with van der Waals surface area (Å²) in [6, 6.07) is 15.2. The Morgan fingerprint density at radius 1 is 0.767 bits per heavy atom. The zero-order valence-corrected chi connectivity index (χ0v) is 32.9. The van der Waals surface area contributed by atoms with Gasteiger partial charge in [-0.25, -0.2) is 5.57 Å². The molecular formula is C40H56Cl2Zr-2. The van der Waals surface area contributed by atoms with Crippen LogP contribution >= 0.6 is 0 Å². The average molecular weight is 699 g/mol. The van der Waals surface area contributed by atoms with Crippen molar-refractivity contribution in [1.82, 2.24) is 0 Å². The fraction of sp³-hybridized carbons (Fsp3) is 0.575. The third kappa shape index (κ3) is 11.2. The van der Waals surface area contributed by atoms with Crippen molar-refractivity contribution in [2.45, 2.75) is 138 Å². The van der Waals surface area contributed by atoms with E-state index in [2.05, 4.69) is 125 Å². The molecule has 0 amide bonds. The van der Waals surface area contributed by atoms with Crippen molar-refractivity contribution < 1.29 is 49.0 Å². The van der Waals surface area contributed by atoms with Gasteiger partial charge in [-0.3, -0.25) is 6.08 Å². The van der Waals surface area contributed by atoms with Crippen LogP contribution in [0.4, 0.5) is 0 Å². The van der Waals surface area contributed by atoms with Gasteiger partial charge in [-0.2, -0.15) is 35.4 Å². The van der Waals surface area contributed by atoms with Crippen LogP contribution in [0.3, 0.4) is 0 Å². The van der Waals surface area contributed by atoms with Crippen molar-refractivity contribution in [2.24, 2.45) is 11.3 Å². The molecule has 43 heavy (non-hydrogen) atoms. The van der Waals surface area contributed by atoms with Crippen LogP contribution in [-0.4, -0.2) is 3.21 Å². The molecule has 0 nitrogen and oxygen atoms in total. The van der Waals surface area contributed by atoms with Crippen LogP contribution < -0.4 is 24.8 Å². The summed E-state index contributed by atoms with van der Waals surface area (Å²) in [5.74, 6) is 0.573. The standard InChI is InChI=1S/C21H25.C13H21.C6H10.2ClH.Zr/c1-20(2,3)16-7-9-18-14(12-16)11-15-13-17(21(4,5)6)8-10-19(15)18;1-6-10-8-11(7-2)12(9-10)13(3,4)5;1-2-4-6-5-3-1;;;/h7-10,12H,11H2,1-6H3;9-10H,6-7H2,1-5H3;1-5H2;2*1H;/q2*-1;;;;+2/p-2. The summed E-state index contributed by atoms with van der Waals surface area (Å²) in [5, 5.41) is 0. The van der Waals surface area contributed by atoms with Gasteiger partial charge in [0.1, 0.15) is 0 Å². The Morgan fingerprint density at radius 2 is 1.37 bits per heavy atom. The SMILES string of the molecule is CC(C)(C)c1[c-]c2c(cc1)-c1ccc(C(C)(C)C)cc1C2.CCC1=[C-]C(CC)C=C1C(C)(C)C.[Cl-].[Cl-].[Zr+2]=[C]1CCCCC1. The second-order valence-corrected chi connectivity index (χ2v) is 17.0. The van der Waals surface area contributed by atoms with Gasteiger partial charge < -0.3 is 24.8 Å². The summed E-state index contributed by atoms with van der Waals surface area (Å²) in [7, 11) is 0. The van der Waals surface area contributed by atoms with Crippen LogP contribution in [0.1, 0.15) is 143 Å². The quantitative estimate of drug-likeness (QED) is 0.312. The third-order valence-electron chi connectivity index (χ3n) is 8.58. The molecule has 0 spiro atoms. The van der Waals surface area contributed by atoms with Gasteiger partial charge in [0.2, 0.25) is 0 Å². The molecule has 3 aliphatic rings. The molecule has 236 valence electrons. The third-order valence-corrected chi connectivity index (χ3v) is 9.80. The van der Waals surface area contributed by atoms with Gasteiger partial charge in [0.05, 0.1) is 0 Å². The van der Waals surface area contributed by atoms with Crippen molar-refractivity contribution in [3.05, 3.63) is 82.0 Å². The van der Waals surface area contributed by atoms with E-state index in [1.54, 1.807) is 27.4 Å². The fourth-order valence-corrected chi connectivity index (χ4v) is 6.74. The van der Waals surface area contributed by atoms with Crippen LogP contribution in [0, 0.1) is 23.5 Å². The minimum absolute atomic E-state index is 0. The molecule has 0 N–H and O–H groups in total. The second-order valence-electron chi connectivity index (χ2n) is 15.3. The number of halogens is 2. The van der Waals surface area contributed by atoms with Crippen LogP contribution in [0.15, 0.2) is 47.6 Å². The van der Waals surface area contributed by atoms with Crippen molar-refractivity contribution in [2.75, 3.05) is 0 Å². The number of allylic oxidation sites excluding steroid dienone is 4. The van der Waals surface area contributed by atoms with Gasteiger partial charge in [0.25, 0.3) is 0 Å². The maximum atomic E-state index is 3.67. The Hall–Kier alpha value is -0.747. The van der Waals surface area contributed by atoms with Crippen molar-refractivity contribution in [1.29, 1.82) is 0 Å². The summed E-state index contributed by atoms with van der Waals surface area (Å²) in [4.78, 5) is 0. The summed E-state index contributed by atoms with van der Waals surface area (Å²) in [6.45, 7) is 24.9. The van der Waals surface area contributed by atoms with E-state index >= 15 is 0 Å². The summed E-state index contributed by atoms with van der Waals surface area (Å²) >= 11 is 1.69. The molecule has 0 radical (unpaired) electrons. The first kappa shape index (κ1) is 40.3. The first-order valence-corrected chi connectivity index (χ1v) is 17.4. The van der Waals surface area contributed by atoms with Crippen LogP contribution in [0.2, 0.25) is 0 Å². The van der Waals surface area contributed by atoms with E-state index in [0.717, 1.165) is 12.8 Å². The number of hydrogen-bond acceptors (Lipinski definition) is 0. The molecule has 0 saturated heterocycles. The Kier molecular flexibility index (Phi) is 15.6. The normalized spacial score (nSPS) is 17.5. The zero-order valence-electron chi connectivity index (χ0n) is 29.0. The first-order valence-electron chi connectivity index (χ1n) is 16.1. The van der Waals surface area contributed by atoms with Crippen LogP contribution in [-0.2, 0) is 41.5 Å². The van der Waals surface area contributed by atoms with E-state index in [1.807, 2.05) is 0 Å². The van der Waals surface area contributed by atoms with Gasteiger partial charge in [-0.05, 0) is 28.4 Å². The van der Waals surface area contributed by atoms with Crippen LogP contribution in [0.25, 0.3) is 11.1 Å². The molecule has 1 fully saturated rings. The summed E-state index contributed by atoms with van der Waals surface area (Å²) in [5.41, 5.74) is 12.0. The van der Waals surface area contributed by atoms with E-state index in [9.17, 15) is 0 Å².